The van der Waals surface area contributed by atoms with Gasteiger partial charge in [0.1, 0.15) is 4.99 Å². The summed E-state index contributed by atoms with van der Waals surface area (Å²) in [5.41, 5.74) is 8.27. The van der Waals surface area contributed by atoms with Gasteiger partial charge in [0.2, 0.25) is 5.91 Å². The number of benzene rings is 2. The van der Waals surface area contributed by atoms with Crippen molar-refractivity contribution >= 4 is 34.7 Å². The third-order valence-corrected chi connectivity index (χ3v) is 3.47. The molecule has 0 atom stereocenters. The minimum Gasteiger partial charge on any atom is -0.389 e. The number of thiocarbonyl (C=S) groups is 1. The van der Waals surface area contributed by atoms with Gasteiger partial charge in [-0.2, -0.15) is 0 Å². The summed E-state index contributed by atoms with van der Waals surface area (Å²) >= 11 is 10.7. The normalized spacial score (nSPS) is 10.1. The molecular formula is C16H15ClN2OS. The lowest BCUT2D eigenvalue weighted by Crippen LogP contribution is -2.24. The molecule has 0 aromatic heterocycles. The molecule has 0 heterocycles. The van der Waals surface area contributed by atoms with Gasteiger partial charge in [-0.25, -0.2) is 0 Å². The second kappa shape index (κ2) is 7.20. The average molecular weight is 319 g/mol. The van der Waals surface area contributed by atoms with Crippen molar-refractivity contribution in [2.24, 2.45) is 5.73 Å². The molecule has 0 unspecified atom stereocenters. The van der Waals surface area contributed by atoms with Crippen LogP contribution in [-0.4, -0.2) is 10.9 Å². The molecule has 3 nitrogen and oxygen atoms in total. The van der Waals surface area contributed by atoms with Crippen LogP contribution in [0.25, 0.3) is 0 Å². The zero-order chi connectivity index (χ0) is 15.2. The summed E-state index contributed by atoms with van der Waals surface area (Å²) in [6.45, 7) is 0.447. The van der Waals surface area contributed by atoms with Crippen molar-refractivity contribution in [1.82, 2.24) is 5.32 Å². The molecule has 2 aromatic carbocycles. The molecule has 0 aliphatic heterocycles. The van der Waals surface area contributed by atoms with Crippen LogP contribution in [0.5, 0.6) is 0 Å². The van der Waals surface area contributed by atoms with Gasteiger partial charge in [-0.15, -0.1) is 0 Å². The van der Waals surface area contributed by atoms with Crippen molar-refractivity contribution in [2.75, 3.05) is 0 Å². The van der Waals surface area contributed by atoms with E-state index < -0.39 is 0 Å². The summed E-state index contributed by atoms with van der Waals surface area (Å²) < 4.78 is 0. The number of rotatable bonds is 5. The quantitative estimate of drug-likeness (QED) is 0.834. The zero-order valence-electron chi connectivity index (χ0n) is 11.3. The Bertz CT molecular complexity index is 656. The fraction of sp³-hybridized carbons (Fsp3) is 0.125. The average Bonchev–Trinajstić information content (AvgIpc) is 2.48. The van der Waals surface area contributed by atoms with Crippen molar-refractivity contribution in [3.8, 4) is 0 Å². The lowest BCUT2D eigenvalue weighted by atomic mass is 10.1. The highest BCUT2D eigenvalue weighted by Crippen LogP contribution is 2.10. The molecule has 1 amide bonds. The van der Waals surface area contributed by atoms with Crippen LogP contribution in [0, 0.1) is 0 Å². The maximum atomic E-state index is 11.9. The predicted octanol–water partition coefficient (Wildman–Crippen LogP) is 2.83. The largest absolute Gasteiger partial charge is 0.389 e. The van der Waals surface area contributed by atoms with Crippen molar-refractivity contribution in [3.05, 3.63) is 70.2 Å². The SMILES string of the molecule is NC(=S)c1cccc(CNC(=O)Cc2ccc(Cl)cc2)c1. The first kappa shape index (κ1) is 15.5. The summed E-state index contributed by atoms with van der Waals surface area (Å²) in [5, 5.41) is 3.53. The van der Waals surface area contributed by atoms with Crippen LogP contribution in [0.1, 0.15) is 16.7 Å². The first-order valence-electron chi connectivity index (χ1n) is 6.44. The number of nitrogens with one attached hydrogen (secondary N) is 1. The number of carbonyl (C=O) groups excluding carboxylic acids is 1. The molecule has 108 valence electrons. The Labute approximate surface area is 134 Å². The fourth-order valence-corrected chi connectivity index (χ4v) is 2.14. The van der Waals surface area contributed by atoms with E-state index in [9.17, 15) is 4.79 Å². The van der Waals surface area contributed by atoms with Crippen molar-refractivity contribution in [2.45, 2.75) is 13.0 Å². The Balaban J connectivity index is 1.90. The minimum absolute atomic E-state index is 0.0435. The molecule has 0 aliphatic rings. The Morgan fingerprint density at radius 1 is 1.14 bits per heavy atom. The first-order valence-corrected chi connectivity index (χ1v) is 7.23. The molecule has 2 aromatic rings. The van der Waals surface area contributed by atoms with Gasteiger partial charge in [0.05, 0.1) is 6.42 Å². The second-order valence-corrected chi connectivity index (χ2v) is 5.52. The third-order valence-electron chi connectivity index (χ3n) is 2.98. The molecule has 2 rings (SSSR count). The Kier molecular flexibility index (Phi) is 5.31. The summed E-state index contributed by atoms with van der Waals surface area (Å²) in [6, 6.07) is 14.8. The highest BCUT2D eigenvalue weighted by molar-refractivity contribution is 7.80. The van der Waals surface area contributed by atoms with Crippen molar-refractivity contribution < 1.29 is 4.79 Å². The molecule has 0 aliphatic carbocycles. The standard InChI is InChI=1S/C16H15ClN2OS/c17-14-6-4-11(5-7-14)9-15(20)19-10-12-2-1-3-13(8-12)16(18)21/h1-8H,9-10H2,(H2,18,21)(H,19,20). The van der Waals surface area contributed by atoms with Gasteiger partial charge in [0.15, 0.2) is 0 Å². The minimum atomic E-state index is -0.0435. The van der Waals surface area contributed by atoms with Gasteiger partial charge in [0, 0.05) is 17.1 Å². The van der Waals surface area contributed by atoms with E-state index in [1.165, 1.54) is 0 Å². The predicted molar refractivity (Wildman–Crippen MR) is 89.3 cm³/mol. The van der Waals surface area contributed by atoms with Crippen LogP contribution >= 0.6 is 23.8 Å². The number of carbonyl (C=O) groups is 1. The highest BCUT2D eigenvalue weighted by Gasteiger charge is 2.04. The summed E-state index contributed by atoms with van der Waals surface area (Å²) in [4.78, 5) is 12.2. The van der Waals surface area contributed by atoms with Crippen LogP contribution in [0.4, 0.5) is 0 Å². The van der Waals surface area contributed by atoms with Crippen molar-refractivity contribution in [3.63, 3.8) is 0 Å². The number of hydrogen-bond donors (Lipinski definition) is 2. The van der Waals surface area contributed by atoms with Gasteiger partial charge in [0.25, 0.3) is 0 Å². The summed E-state index contributed by atoms with van der Waals surface area (Å²) in [7, 11) is 0. The molecule has 3 N–H and O–H groups in total. The highest BCUT2D eigenvalue weighted by atomic mass is 35.5. The maximum Gasteiger partial charge on any atom is 0.224 e. The Hall–Kier alpha value is -1.91. The van der Waals surface area contributed by atoms with Gasteiger partial charge >= 0.3 is 0 Å². The molecule has 0 radical (unpaired) electrons. The molecule has 0 saturated heterocycles. The van der Waals surface area contributed by atoms with E-state index in [4.69, 9.17) is 29.6 Å². The van der Waals surface area contributed by atoms with E-state index in [2.05, 4.69) is 5.32 Å². The van der Waals surface area contributed by atoms with E-state index in [1.807, 2.05) is 36.4 Å². The number of amides is 1. The fourth-order valence-electron chi connectivity index (χ4n) is 1.89. The monoisotopic (exact) mass is 318 g/mol. The van der Waals surface area contributed by atoms with E-state index in [1.54, 1.807) is 12.1 Å². The Morgan fingerprint density at radius 3 is 2.52 bits per heavy atom. The van der Waals surface area contributed by atoms with E-state index in [-0.39, 0.29) is 5.91 Å². The van der Waals surface area contributed by atoms with Crippen LogP contribution in [-0.2, 0) is 17.8 Å². The summed E-state index contributed by atoms with van der Waals surface area (Å²) in [5.74, 6) is -0.0435. The lowest BCUT2D eigenvalue weighted by Gasteiger charge is -2.07. The molecular weight excluding hydrogens is 304 g/mol. The van der Waals surface area contributed by atoms with Gasteiger partial charge in [-0.05, 0) is 29.3 Å². The van der Waals surface area contributed by atoms with E-state index in [0.717, 1.165) is 16.7 Å². The van der Waals surface area contributed by atoms with Gasteiger partial charge in [-0.1, -0.05) is 54.2 Å². The van der Waals surface area contributed by atoms with Crippen molar-refractivity contribution in [1.29, 1.82) is 0 Å². The van der Waals surface area contributed by atoms with Gasteiger partial charge < -0.3 is 11.1 Å². The van der Waals surface area contributed by atoms with E-state index >= 15 is 0 Å². The zero-order valence-corrected chi connectivity index (χ0v) is 12.9. The van der Waals surface area contributed by atoms with E-state index in [0.29, 0.717) is 23.0 Å². The number of nitrogens with two attached hydrogens (primary N) is 1. The molecule has 0 saturated carbocycles. The van der Waals surface area contributed by atoms with Crippen LogP contribution in [0.2, 0.25) is 5.02 Å². The molecule has 0 bridgehead atoms. The van der Waals surface area contributed by atoms with Crippen LogP contribution < -0.4 is 11.1 Å². The smallest absolute Gasteiger partial charge is 0.224 e. The van der Waals surface area contributed by atoms with Crippen LogP contribution in [0.3, 0.4) is 0 Å². The first-order chi connectivity index (χ1) is 10.0. The second-order valence-electron chi connectivity index (χ2n) is 4.64. The molecule has 5 heteroatoms. The lowest BCUT2D eigenvalue weighted by molar-refractivity contribution is -0.120. The molecule has 0 fully saturated rings. The topological polar surface area (TPSA) is 55.1 Å². The van der Waals surface area contributed by atoms with Crippen LogP contribution in [0.15, 0.2) is 48.5 Å². The third kappa shape index (κ3) is 4.85. The molecule has 21 heavy (non-hydrogen) atoms. The summed E-state index contributed by atoms with van der Waals surface area (Å²) in [6.07, 6.45) is 0.326. The Morgan fingerprint density at radius 2 is 1.86 bits per heavy atom. The maximum absolute atomic E-state index is 11.9. The number of halogens is 1. The van der Waals surface area contributed by atoms with Gasteiger partial charge in [-0.3, -0.25) is 4.79 Å². The number of hydrogen-bond acceptors (Lipinski definition) is 2. The molecule has 0 spiro atoms.